The van der Waals surface area contributed by atoms with E-state index in [0.717, 1.165) is 37.7 Å². The molecule has 0 aromatic carbocycles. The van der Waals surface area contributed by atoms with Crippen LogP contribution in [-0.4, -0.2) is 176 Å². The monoisotopic (exact) mass is 1020 g/mol. The summed E-state index contributed by atoms with van der Waals surface area (Å²) in [6.07, 6.45) is -12.0. The molecular formula is C53H88N2O17. The summed E-state index contributed by atoms with van der Waals surface area (Å²) in [6, 6.07) is -1.32. The molecule has 19 heteroatoms. The van der Waals surface area contributed by atoms with Gasteiger partial charge in [0.25, 0.3) is 0 Å². The van der Waals surface area contributed by atoms with Crippen molar-refractivity contribution in [3.8, 4) is 0 Å². The summed E-state index contributed by atoms with van der Waals surface area (Å²) < 4.78 is 36.3. The lowest BCUT2D eigenvalue weighted by Gasteiger charge is -2.71. The van der Waals surface area contributed by atoms with Gasteiger partial charge in [-0.25, -0.2) is 0 Å². The van der Waals surface area contributed by atoms with Crippen molar-refractivity contribution in [1.29, 1.82) is 0 Å². The van der Waals surface area contributed by atoms with E-state index >= 15 is 4.79 Å². The summed E-state index contributed by atoms with van der Waals surface area (Å²) >= 11 is 0. The normalized spacial score (nSPS) is 49.8. The van der Waals surface area contributed by atoms with Crippen molar-refractivity contribution in [1.82, 2.24) is 5.32 Å². The molecule has 3 saturated heterocycles. The van der Waals surface area contributed by atoms with Crippen molar-refractivity contribution >= 4 is 11.9 Å². The minimum Gasteiger partial charge on any atom is -0.432 e. The van der Waals surface area contributed by atoms with Gasteiger partial charge in [-0.15, -0.1) is 0 Å². The second-order valence-corrected chi connectivity index (χ2v) is 25.3. The molecular weight excluding hydrogens is 937 g/mol. The fourth-order valence-electron chi connectivity index (χ4n) is 15.8. The molecule has 412 valence electrons. The second kappa shape index (κ2) is 20.8. The van der Waals surface area contributed by atoms with E-state index in [-0.39, 0.29) is 53.1 Å². The first-order chi connectivity index (χ1) is 33.7. The molecule has 4 saturated carbocycles. The number of hydrogen-bond acceptors (Lipinski definition) is 18. The number of esters is 1. The Morgan fingerprint density at radius 1 is 0.750 bits per heavy atom. The second-order valence-electron chi connectivity index (χ2n) is 25.3. The lowest BCUT2D eigenvalue weighted by atomic mass is 9.33. The smallest absolute Gasteiger partial charge is 0.317 e. The summed E-state index contributed by atoms with van der Waals surface area (Å²) in [4.78, 5) is 28.9. The van der Waals surface area contributed by atoms with Crippen molar-refractivity contribution in [2.45, 2.75) is 237 Å². The number of carbonyl (C=O) groups is 2. The van der Waals surface area contributed by atoms with Crippen LogP contribution in [0.25, 0.3) is 0 Å². The highest BCUT2D eigenvalue weighted by molar-refractivity contribution is 5.80. The summed E-state index contributed by atoms with van der Waals surface area (Å²) in [6.45, 7) is 16.7. The summed E-state index contributed by atoms with van der Waals surface area (Å²) in [7, 11) is 0. The van der Waals surface area contributed by atoms with E-state index in [9.17, 15) is 50.8 Å². The molecule has 23 atom stereocenters. The van der Waals surface area contributed by atoms with E-state index in [1.165, 1.54) is 6.92 Å². The first-order valence-electron chi connectivity index (χ1n) is 26.9. The highest BCUT2D eigenvalue weighted by Gasteiger charge is 2.72. The minimum atomic E-state index is -1.91. The average Bonchev–Trinajstić information content (AvgIpc) is 3.31. The number of ether oxygens (including phenoxy) is 6. The molecule has 0 radical (unpaired) electrons. The van der Waals surface area contributed by atoms with E-state index in [4.69, 9.17) is 34.2 Å². The number of rotatable bonds is 13. The van der Waals surface area contributed by atoms with Gasteiger partial charge in [-0.3, -0.25) is 9.59 Å². The van der Waals surface area contributed by atoms with Crippen molar-refractivity contribution in [3.05, 3.63) is 11.6 Å². The fourth-order valence-corrected chi connectivity index (χ4v) is 15.8. The number of amides is 1. The molecule has 0 aromatic rings. The van der Waals surface area contributed by atoms with Crippen LogP contribution in [0.2, 0.25) is 0 Å². The number of fused-ring (bicyclic) bond motifs is 7. The zero-order chi connectivity index (χ0) is 52.7. The Kier molecular flexibility index (Phi) is 16.3. The van der Waals surface area contributed by atoms with Gasteiger partial charge in [0.05, 0.1) is 37.6 Å². The number of allylic oxidation sites excluding steroid dienone is 2. The topological polar surface area (TPSA) is 310 Å². The van der Waals surface area contributed by atoms with Crippen molar-refractivity contribution in [2.24, 2.45) is 56.0 Å². The Bertz CT molecular complexity index is 1970. The standard InChI is InChI=1S/C53H88N2O17/c1-26-42(70-44-40(64)37(61)29(57)25-67-44)39(63)41(65)45(68-26)71-43-38(62)36(55-35(60)12-10-9-11-21-54)30(24-56)69-46(43)72-47(66)53-20-19-48(2,3)22-28(53)27-13-14-32-50(6)17-16-33(58)49(4,5)31(50)15-18-51(32,7)52(27,8)23-34(53)59/h13,26,28-34,36-46,56-59,61-65H,9-12,14-25,54H2,1-8H3,(H,55,60)/t26-,28?,29-,30-,31?,32?,33+,34-,36+,37?,38?,39?,40?,41?,42+,43?,44+,45+,46+,50+,51-,52-,53-/m1/s1. The number of carbonyl (C=O) groups excluding carboxylic acids is 2. The van der Waals surface area contributed by atoms with E-state index < -0.39 is 127 Å². The van der Waals surface area contributed by atoms with E-state index in [2.05, 4.69) is 59.9 Å². The third-order valence-corrected chi connectivity index (χ3v) is 20.4. The molecule has 0 bridgehead atoms. The zero-order valence-corrected chi connectivity index (χ0v) is 43.7. The summed E-state index contributed by atoms with van der Waals surface area (Å²) in [5.41, 5.74) is 4.07. The van der Waals surface area contributed by atoms with Gasteiger partial charge in [0.15, 0.2) is 18.7 Å². The van der Waals surface area contributed by atoms with Crippen molar-refractivity contribution < 1.29 is 84.0 Å². The Morgan fingerprint density at radius 2 is 1.44 bits per heavy atom. The lowest BCUT2D eigenvalue weighted by molar-refractivity contribution is -0.370. The number of unbranched alkanes of at least 4 members (excludes halogenated alkanes) is 2. The molecule has 19 nitrogen and oxygen atoms in total. The maximum absolute atomic E-state index is 15.6. The van der Waals surface area contributed by atoms with Gasteiger partial charge in [-0.1, -0.05) is 66.5 Å². The van der Waals surface area contributed by atoms with Crippen LogP contribution in [0.4, 0.5) is 0 Å². The quantitative estimate of drug-likeness (QED) is 0.0706. The van der Waals surface area contributed by atoms with Gasteiger partial charge < -0.3 is 85.4 Å². The first kappa shape index (κ1) is 56.3. The molecule has 8 rings (SSSR count). The average molecular weight is 1030 g/mol. The highest BCUT2D eigenvalue weighted by atomic mass is 16.8. The van der Waals surface area contributed by atoms with Crippen LogP contribution in [-0.2, 0) is 38.0 Å². The molecule has 1 amide bonds. The number of aliphatic hydroxyl groups excluding tert-OH is 9. The Morgan fingerprint density at radius 3 is 2.14 bits per heavy atom. The molecule has 12 N–H and O–H groups in total. The number of hydrogen-bond donors (Lipinski definition) is 11. The highest BCUT2D eigenvalue weighted by Crippen LogP contribution is 2.76. The van der Waals surface area contributed by atoms with Gasteiger partial charge in [-0.05, 0) is 129 Å². The molecule has 3 heterocycles. The maximum Gasteiger partial charge on any atom is 0.317 e. The van der Waals surface area contributed by atoms with Gasteiger partial charge in [-0.2, -0.15) is 0 Å². The van der Waals surface area contributed by atoms with Crippen LogP contribution in [0.5, 0.6) is 0 Å². The zero-order valence-electron chi connectivity index (χ0n) is 43.7. The predicted octanol–water partition coefficient (Wildman–Crippen LogP) is 1.42. The van der Waals surface area contributed by atoms with Gasteiger partial charge in [0, 0.05) is 6.42 Å². The molecule has 72 heavy (non-hydrogen) atoms. The Balaban J connectivity index is 1.09. The van der Waals surface area contributed by atoms with Crippen molar-refractivity contribution in [3.63, 3.8) is 0 Å². The molecule has 9 unspecified atom stereocenters. The molecule has 3 aliphatic heterocycles. The van der Waals surface area contributed by atoms with Gasteiger partial charge in [0.1, 0.15) is 54.2 Å². The third kappa shape index (κ3) is 9.45. The van der Waals surface area contributed by atoms with Crippen LogP contribution in [0.3, 0.4) is 0 Å². The molecule has 0 aromatic heterocycles. The first-order valence-corrected chi connectivity index (χ1v) is 26.9. The number of nitrogens with two attached hydrogens (primary N) is 1. The minimum absolute atomic E-state index is 0.0536. The third-order valence-electron chi connectivity index (χ3n) is 20.4. The molecule has 7 fully saturated rings. The lowest BCUT2D eigenvalue weighted by Crippen LogP contribution is -2.69. The van der Waals surface area contributed by atoms with E-state index in [1.54, 1.807) is 0 Å². The SMILES string of the molecule is C[C@H]1O[C@@H](OC2C(O)[C@@H](NC(=O)CCCCCN)[C@@H](CO)O[C@H]2OC(=O)[C@]23CCC(C)(C)CC2C2=CCC4[C@@]5(C)CC[C@H](O)C(C)(C)C5CC[C@@]4(C)[C@]2(C)C[C@H]3O)C(O)C(O)[C@H]1O[C@@H]1OC[C@@H](O)C(O)C1O. The largest absolute Gasteiger partial charge is 0.432 e. The molecule has 5 aliphatic carbocycles. The summed E-state index contributed by atoms with van der Waals surface area (Å²) in [5.74, 6) is -1.10. The Hall–Kier alpha value is -1.92. The number of aliphatic hydroxyl groups is 9. The van der Waals surface area contributed by atoms with Crippen LogP contribution >= 0.6 is 0 Å². The van der Waals surface area contributed by atoms with Crippen LogP contribution in [0.15, 0.2) is 11.6 Å². The predicted molar refractivity (Wildman–Crippen MR) is 258 cm³/mol. The van der Waals surface area contributed by atoms with Crippen LogP contribution in [0, 0.1) is 50.2 Å². The van der Waals surface area contributed by atoms with Gasteiger partial charge in [0.2, 0.25) is 12.2 Å². The number of nitrogens with one attached hydrogen (secondary N) is 1. The van der Waals surface area contributed by atoms with Gasteiger partial charge >= 0.3 is 5.97 Å². The fraction of sp³-hybridized carbons (Fsp3) is 0.925. The van der Waals surface area contributed by atoms with E-state index in [1.807, 2.05) is 0 Å². The Labute approximate surface area is 424 Å². The van der Waals surface area contributed by atoms with Crippen LogP contribution < -0.4 is 11.1 Å². The van der Waals surface area contributed by atoms with E-state index in [0.29, 0.717) is 51.0 Å². The van der Waals surface area contributed by atoms with Crippen LogP contribution in [0.1, 0.15) is 139 Å². The maximum atomic E-state index is 15.6. The summed E-state index contributed by atoms with van der Waals surface area (Å²) in [5, 5.41) is 104. The molecule has 8 aliphatic rings. The van der Waals surface area contributed by atoms with Crippen molar-refractivity contribution in [2.75, 3.05) is 19.8 Å². The molecule has 0 spiro atoms.